The summed E-state index contributed by atoms with van der Waals surface area (Å²) in [7, 11) is 0. The third-order valence-electron chi connectivity index (χ3n) is 2.95. The van der Waals surface area contributed by atoms with Gasteiger partial charge in [-0.15, -0.1) is 24.8 Å². The molecule has 1 aromatic carbocycles. The van der Waals surface area contributed by atoms with Crippen LogP contribution in [0.5, 0.6) is 0 Å². The van der Waals surface area contributed by atoms with E-state index in [1.165, 1.54) is 5.56 Å². The Morgan fingerprint density at radius 1 is 1.11 bits per heavy atom. The summed E-state index contributed by atoms with van der Waals surface area (Å²) >= 11 is 3.44. The molecule has 0 spiro atoms. The summed E-state index contributed by atoms with van der Waals surface area (Å²) in [6, 6.07) is 8.45. The van der Waals surface area contributed by atoms with Gasteiger partial charge in [-0.05, 0) is 17.7 Å². The Labute approximate surface area is 136 Å². The van der Waals surface area contributed by atoms with Crippen LogP contribution in [0.4, 0.5) is 0 Å². The molecule has 6 heteroatoms. The van der Waals surface area contributed by atoms with E-state index in [-0.39, 0.29) is 24.8 Å². The molecular formula is C13H21BrCl2N2O. The van der Waals surface area contributed by atoms with Crippen molar-refractivity contribution in [1.29, 1.82) is 0 Å². The second-order valence-corrected chi connectivity index (χ2v) is 5.17. The molecule has 0 saturated carbocycles. The molecule has 0 aliphatic carbocycles. The lowest BCUT2D eigenvalue weighted by atomic mass is 10.2. The van der Waals surface area contributed by atoms with Gasteiger partial charge in [-0.2, -0.15) is 0 Å². The molecule has 1 heterocycles. The lowest BCUT2D eigenvalue weighted by Crippen LogP contribution is -2.40. The van der Waals surface area contributed by atoms with Crippen molar-refractivity contribution >= 4 is 40.7 Å². The summed E-state index contributed by atoms with van der Waals surface area (Å²) < 4.78 is 6.45. The van der Waals surface area contributed by atoms with Crippen molar-refractivity contribution < 1.29 is 4.74 Å². The van der Waals surface area contributed by atoms with Crippen LogP contribution in [0.1, 0.15) is 5.56 Å². The van der Waals surface area contributed by atoms with E-state index in [4.69, 9.17) is 4.74 Å². The summed E-state index contributed by atoms with van der Waals surface area (Å²) in [6.45, 7) is 6.99. The van der Waals surface area contributed by atoms with Crippen LogP contribution in [0.25, 0.3) is 0 Å². The van der Waals surface area contributed by atoms with Gasteiger partial charge in [0, 0.05) is 37.2 Å². The van der Waals surface area contributed by atoms with Crippen molar-refractivity contribution in [2.75, 3.05) is 39.4 Å². The SMILES string of the molecule is Brc1ccc(CNCCN2CCOCC2)cc1.Cl.Cl. The third-order valence-corrected chi connectivity index (χ3v) is 3.48. The van der Waals surface area contributed by atoms with Crippen molar-refractivity contribution in [2.24, 2.45) is 0 Å². The fraction of sp³-hybridized carbons (Fsp3) is 0.538. The highest BCUT2D eigenvalue weighted by molar-refractivity contribution is 9.10. The van der Waals surface area contributed by atoms with Crippen LogP contribution < -0.4 is 5.32 Å². The highest BCUT2D eigenvalue weighted by Gasteiger charge is 2.08. The third kappa shape index (κ3) is 7.49. The molecule has 1 aromatic rings. The van der Waals surface area contributed by atoms with E-state index in [1.807, 2.05) is 0 Å². The minimum absolute atomic E-state index is 0. The molecule has 1 saturated heterocycles. The first-order chi connectivity index (χ1) is 8.34. The second-order valence-electron chi connectivity index (χ2n) is 4.26. The van der Waals surface area contributed by atoms with Crippen LogP contribution in [0.2, 0.25) is 0 Å². The number of hydrogen-bond donors (Lipinski definition) is 1. The van der Waals surface area contributed by atoms with E-state index >= 15 is 0 Å². The summed E-state index contributed by atoms with van der Waals surface area (Å²) in [5, 5.41) is 3.47. The van der Waals surface area contributed by atoms with Gasteiger partial charge in [0.2, 0.25) is 0 Å². The van der Waals surface area contributed by atoms with Crippen LogP contribution in [0.3, 0.4) is 0 Å². The van der Waals surface area contributed by atoms with Gasteiger partial charge in [-0.25, -0.2) is 0 Å². The molecule has 110 valence electrons. The molecule has 0 radical (unpaired) electrons. The topological polar surface area (TPSA) is 24.5 Å². The normalized spacial score (nSPS) is 15.4. The zero-order valence-electron chi connectivity index (χ0n) is 10.8. The van der Waals surface area contributed by atoms with E-state index < -0.39 is 0 Å². The molecule has 1 fully saturated rings. The summed E-state index contributed by atoms with van der Waals surface area (Å²) in [6.07, 6.45) is 0. The number of nitrogens with one attached hydrogen (secondary N) is 1. The average molecular weight is 372 g/mol. The van der Waals surface area contributed by atoms with Crippen LogP contribution in [0, 0.1) is 0 Å². The molecule has 0 aromatic heterocycles. The molecule has 1 aliphatic heterocycles. The maximum absolute atomic E-state index is 5.32. The van der Waals surface area contributed by atoms with Crippen molar-refractivity contribution in [3.8, 4) is 0 Å². The van der Waals surface area contributed by atoms with E-state index in [1.54, 1.807) is 0 Å². The first-order valence-corrected chi connectivity index (χ1v) is 6.89. The van der Waals surface area contributed by atoms with Gasteiger partial charge in [0.25, 0.3) is 0 Å². The van der Waals surface area contributed by atoms with E-state index in [9.17, 15) is 0 Å². The lowest BCUT2D eigenvalue weighted by molar-refractivity contribution is 0.0384. The van der Waals surface area contributed by atoms with Crippen molar-refractivity contribution in [3.05, 3.63) is 34.3 Å². The minimum atomic E-state index is 0. The van der Waals surface area contributed by atoms with Crippen molar-refractivity contribution in [2.45, 2.75) is 6.54 Å². The summed E-state index contributed by atoms with van der Waals surface area (Å²) in [5.74, 6) is 0. The standard InChI is InChI=1S/C13H19BrN2O.2ClH/c14-13-3-1-12(2-4-13)11-15-5-6-16-7-9-17-10-8-16;;/h1-4,15H,5-11H2;2*1H. The summed E-state index contributed by atoms with van der Waals surface area (Å²) in [5.41, 5.74) is 1.33. The second kappa shape index (κ2) is 10.9. The molecule has 3 nitrogen and oxygen atoms in total. The molecule has 19 heavy (non-hydrogen) atoms. The van der Waals surface area contributed by atoms with Gasteiger partial charge in [0.1, 0.15) is 0 Å². The monoisotopic (exact) mass is 370 g/mol. The Kier molecular flexibility index (Phi) is 11.0. The molecule has 0 bridgehead atoms. The Morgan fingerprint density at radius 3 is 2.37 bits per heavy atom. The lowest BCUT2D eigenvalue weighted by Gasteiger charge is -2.26. The molecule has 0 unspecified atom stereocenters. The number of hydrogen-bond acceptors (Lipinski definition) is 3. The number of morpholine rings is 1. The van der Waals surface area contributed by atoms with Crippen LogP contribution in [0.15, 0.2) is 28.7 Å². The Hall–Kier alpha value is 0.160. The van der Waals surface area contributed by atoms with Gasteiger partial charge >= 0.3 is 0 Å². The maximum atomic E-state index is 5.32. The highest BCUT2D eigenvalue weighted by atomic mass is 79.9. The first kappa shape index (κ1) is 19.2. The Balaban J connectivity index is 0.00000162. The molecular weight excluding hydrogens is 351 g/mol. The van der Waals surface area contributed by atoms with Crippen LogP contribution in [-0.2, 0) is 11.3 Å². The molecule has 1 aliphatic rings. The number of ether oxygens (including phenoxy) is 1. The Bertz CT molecular complexity index is 332. The number of benzene rings is 1. The van der Waals surface area contributed by atoms with Gasteiger partial charge in [-0.1, -0.05) is 28.1 Å². The molecule has 1 N–H and O–H groups in total. The van der Waals surface area contributed by atoms with Crippen LogP contribution in [-0.4, -0.2) is 44.3 Å². The minimum Gasteiger partial charge on any atom is -0.379 e. The van der Waals surface area contributed by atoms with Gasteiger partial charge in [0.15, 0.2) is 0 Å². The van der Waals surface area contributed by atoms with Crippen LogP contribution >= 0.6 is 40.7 Å². The zero-order chi connectivity index (χ0) is 11.9. The van der Waals surface area contributed by atoms with Gasteiger partial charge < -0.3 is 10.1 Å². The molecule has 0 amide bonds. The van der Waals surface area contributed by atoms with Gasteiger partial charge in [0.05, 0.1) is 13.2 Å². The zero-order valence-corrected chi connectivity index (χ0v) is 14.0. The number of nitrogens with zero attached hydrogens (tertiary/aromatic N) is 1. The van der Waals surface area contributed by atoms with Crippen molar-refractivity contribution in [3.63, 3.8) is 0 Å². The van der Waals surface area contributed by atoms with Crippen molar-refractivity contribution in [1.82, 2.24) is 10.2 Å². The number of rotatable bonds is 5. The highest BCUT2D eigenvalue weighted by Crippen LogP contribution is 2.10. The largest absolute Gasteiger partial charge is 0.379 e. The average Bonchev–Trinajstić information content (AvgIpc) is 2.38. The van der Waals surface area contributed by atoms with E-state index in [2.05, 4.69) is 50.4 Å². The first-order valence-electron chi connectivity index (χ1n) is 6.10. The predicted octanol–water partition coefficient (Wildman–Crippen LogP) is 2.71. The predicted molar refractivity (Wildman–Crippen MR) is 87.6 cm³/mol. The smallest absolute Gasteiger partial charge is 0.0594 e. The van der Waals surface area contributed by atoms with E-state index in [0.717, 1.165) is 50.4 Å². The summed E-state index contributed by atoms with van der Waals surface area (Å²) in [4.78, 5) is 2.44. The maximum Gasteiger partial charge on any atom is 0.0594 e. The van der Waals surface area contributed by atoms with E-state index in [0.29, 0.717) is 0 Å². The number of halogens is 3. The fourth-order valence-corrected chi connectivity index (χ4v) is 2.16. The molecule has 2 rings (SSSR count). The fourth-order valence-electron chi connectivity index (χ4n) is 1.90. The Morgan fingerprint density at radius 2 is 1.74 bits per heavy atom. The van der Waals surface area contributed by atoms with Gasteiger partial charge in [-0.3, -0.25) is 4.90 Å². The quantitative estimate of drug-likeness (QED) is 0.805. The molecule has 0 atom stereocenters.